The fourth-order valence-corrected chi connectivity index (χ4v) is 1.55. The number of rotatable bonds is 3. The molecular formula is C11H12F3N3. The van der Waals surface area contributed by atoms with E-state index in [1.807, 2.05) is 6.07 Å². The largest absolute Gasteiger partial charge is 0.409 e. The van der Waals surface area contributed by atoms with Crippen molar-refractivity contribution < 1.29 is 13.2 Å². The van der Waals surface area contributed by atoms with Crippen molar-refractivity contribution in [3.8, 4) is 6.07 Å². The van der Waals surface area contributed by atoms with Gasteiger partial charge in [0.1, 0.15) is 12.1 Å². The highest BCUT2D eigenvalue weighted by Gasteiger charge is 2.41. The number of likely N-dealkylation sites (N-methyl/N-ethyl adjacent to an activating group) is 1. The maximum absolute atomic E-state index is 12.7. The predicted octanol–water partition coefficient (Wildman–Crippen LogP) is 1.88. The van der Waals surface area contributed by atoms with E-state index in [4.69, 9.17) is 11.0 Å². The lowest BCUT2D eigenvalue weighted by Crippen LogP contribution is -2.48. The highest BCUT2D eigenvalue weighted by Crippen LogP contribution is 2.28. The van der Waals surface area contributed by atoms with Gasteiger partial charge in [-0.2, -0.15) is 18.4 Å². The third kappa shape index (κ3) is 2.88. The van der Waals surface area contributed by atoms with E-state index >= 15 is 0 Å². The fourth-order valence-electron chi connectivity index (χ4n) is 1.55. The normalized spacial score (nSPS) is 12.9. The molecule has 0 amide bonds. The maximum Gasteiger partial charge on any atom is 0.409 e. The van der Waals surface area contributed by atoms with Gasteiger partial charge >= 0.3 is 6.18 Å². The standard InChI is InChI=1S/C11H12F3N3/c1-17(10(7-16)11(12,13)14)9-5-3-2-4-8(9)6-15/h2-5,10H,7,16H2,1H3. The molecule has 0 spiro atoms. The molecule has 3 nitrogen and oxygen atoms in total. The summed E-state index contributed by atoms with van der Waals surface area (Å²) in [6.45, 7) is -0.556. The Morgan fingerprint density at radius 3 is 2.47 bits per heavy atom. The van der Waals surface area contributed by atoms with Gasteiger partial charge in [0, 0.05) is 13.6 Å². The zero-order chi connectivity index (χ0) is 13.1. The van der Waals surface area contributed by atoms with E-state index in [1.165, 1.54) is 19.2 Å². The van der Waals surface area contributed by atoms with E-state index in [0.717, 1.165) is 4.90 Å². The van der Waals surface area contributed by atoms with E-state index in [0.29, 0.717) is 0 Å². The zero-order valence-electron chi connectivity index (χ0n) is 9.20. The van der Waals surface area contributed by atoms with Gasteiger partial charge in [-0.25, -0.2) is 0 Å². The number of hydrogen-bond donors (Lipinski definition) is 1. The van der Waals surface area contributed by atoms with Crippen LogP contribution in [-0.4, -0.2) is 25.8 Å². The van der Waals surface area contributed by atoms with Gasteiger partial charge in [-0.15, -0.1) is 0 Å². The van der Waals surface area contributed by atoms with E-state index in [1.54, 1.807) is 12.1 Å². The Morgan fingerprint density at radius 2 is 2.00 bits per heavy atom. The van der Waals surface area contributed by atoms with Crippen LogP contribution in [0, 0.1) is 11.3 Å². The molecule has 0 bridgehead atoms. The van der Waals surface area contributed by atoms with Crippen LogP contribution >= 0.6 is 0 Å². The zero-order valence-corrected chi connectivity index (χ0v) is 9.20. The second-order valence-electron chi connectivity index (χ2n) is 3.53. The molecule has 1 unspecified atom stereocenters. The first-order chi connectivity index (χ1) is 7.91. The lowest BCUT2D eigenvalue weighted by atomic mass is 10.1. The van der Waals surface area contributed by atoms with Crippen molar-refractivity contribution in [3.05, 3.63) is 29.8 Å². The molecule has 2 N–H and O–H groups in total. The monoisotopic (exact) mass is 243 g/mol. The third-order valence-corrected chi connectivity index (χ3v) is 2.47. The molecule has 0 aliphatic carbocycles. The Hall–Kier alpha value is -1.74. The van der Waals surface area contributed by atoms with Crippen LogP contribution in [0.25, 0.3) is 0 Å². The van der Waals surface area contributed by atoms with Crippen molar-refractivity contribution in [2.45, 2.75) is 12.2 Å². The van der Waals surface area contributed by atoms with Crippen molar-refractivity contribution in [1.29, 1.82) is 5.26 Å². The maximum atomic E-state index is 12.7. The van der Waals surface area contributed by atoms with Crippen molar-refractivity contribution in [2.24, 2.45) is 5.73 Å². The third-order valence-electron chi connectivity index (χ3n) is 2.47. The molecular weight excluding hydrogens is 231 g/mol. The molecule has 92 valence electrons. The summed E-state index contributed by atoms with van der Waals surface area (Å²) in [6, 6.07) is 6.17. The van der Waals surface area contributed by atoms with Crippen LogP contribution in [0.1, 0.15) is 5.56 Å². The van der Waals surface area contributed by atoms with E-state index < -0.39 is 18.8 Å². The van der Waals surface area contributed by atoms with Gasteiger partial charge in [0.2, 0.25) is 0 Å². The van der Waals surface area contributed by atoms with Crippen LogP contribution in [0.15, 0.2) is 24.3 Å². The van der Waals surface area contributed by atoms with Crippen LogP contribution in [-0.2, 0) is 0 Å². The molecule has 1 rings (SSSR count). The molecule has 0 saturated heterocycles. The number of benzene rings is 1. The van der Waals surface area contributed by atoms with Gasteiger partial charge in [-0.3, -0.25) is 0 Å². The SMILES string of the molecule is CN(c1ccccc1C#N)C(CN)C(F)(F)F. The highest BCUT2D eigenvalue weighted by atomic mass is 19.4. The van der Waals surface area contributed by atoms with Gasteiger partial charge in [-0.05, 0) is 12.1 Å². The van der Waals surface area contributed by atoms with E-state index in [9.17, 15) is 13.2 Å². The number of halogens is 3. The van der Waals surface area contributed by atoms with E-state index in [2.05, 4.69) is 0 Å². The number of nitriles is 1. The highest BCUT2D eigenvalue weighted by molar-refractivity contribution is 5.59. The second-order valence-corrected chi connectivity index (χ2v) is 3.53. The smallest absolute Gasteiger partial charge is 0.361 e. The first-order valence-corrected chi connectivity index (χ1v) is 4.90. The van der Waals surface area contributed by atoms with Gasteiger partial charge in [0.05, 0.1) is 11.3 Å². The molecule has 0 radical (unpaired) electrons. The topological polar surface area (TPSA) is 53.0 Å². The van der Waals surface area contributed by atoms with Crippen molar-refractivity contribution >= 4 is 5.69 Å². The minimum absolute atomic E-state index is 0.192. The van der Waals surface area contributed by atoms with Crippen LogP contribution in [0.5, 0.6) is 0 Å². The van der Waals surface area contributed by atoms with Gasteiger partial charge in [0.15, 0.2) is 0 Å². The first-order valence-electron chi connectivity index (χ1n) is 4.90. The van der Waals surface area contributed by atoms with E-state index in [-0.39, 0.29) is 11.3 Å². The average Bonchev–Trinajstić information content (AvgIpc) is 2.27. The Kier molecular flexibility index (Phi) is 3.97. The summed E-state index contributed by atoms with van der Waals surface area (Å²) in [5.41, 5.74) is 5.56. The molecule has 1 aromatic carbocycles. The summed E-state index contributed by atoms with van der Waals surface area (Å²) in [5, 5.41) is 8.84. The number of nitrogens with two attached hydrogens (primary N) is 1. The van der Waals surface area contributed by atoms with Crippen LogP contribution in [0.3, 0.4) is 0 Å². The number of alkyl halides is 3. The molecule has 6 heteroatoms. The Bertz CT molecular complexity index is 423. The second kappa shape index (κ2) is 5.06. The first kappa shape index (κ1) is 13.3. The summed E-state index contributed by atoms with van der Waals surface area (Å²) in [4.78, 5) is 0.985. The summed E-state index contributed by atoms with van der Waals surface area (Å²) < 4.78 is 38.1. The summed E-state index contributed by atoms with van der Waals surface area (Å²) >= 11 is 0. The number of anilines is 1. The van der Waals surface area contributed by atoms with Crippen molar-refractivity contribution in [2.75, 3.05) is 18.5 Å². The predicted molar refractivity (Wildman–Crippen MR) is 58.5 cm³/mol. The molecule has 0 heterocycles. The number of hydrogen-bond acceptors (Lipinski definition) is 3. The molecule has 0 fully saturated rings. The Labute approximate surface area is 97.2 Å². The quantitative estimate of drug-likeness (QED) is 0.881. The minimum atomic E-state index is -4.42. The lowest BCUT2D eigenvalue weighted by molar-refractivity contribution is -0.145. The molecule has 1 aromatic rings. The fraction of sp³-hybridized carbons (Fsp3) is 0.364. The van der Waals surface area contributed by atoms with Crippen LogP contribution < -0.4 is 10.6 Å². The molecule has 17 heavy (non-hydrogen) atoms. The van der Waals surface area contributed by atoms with Crippen LogP contribution in [0.4, 0.5) is 18.9 Å². The van der Waals surface area contributed by atoms with Gasteiger partial charge < -0.3 is 10.6 Å². The molecule has 0 aromatic heterocycles. The summed E-state index contributed by atoms with van der Waals surface area (Å²) in [7, 11) is 1.28. The van der Waals surface area contributed by atoms with Gasteiger partial charge in [0.25, 0.3) is 0 Å². The molecule has 0 aliphatic rings. The number of nitrogens with zero attached hydrogens (tertiary/aromatic N) is 2. The Morgan fingerprint density at radius 1 is 1.41 bits per heavy atom. The summed E-state index contributed by atoms with van der Waals surface area (Å²) in [5.74, 6) is 0. The average molecular weight is 243 g/mol. The Balaban J connectivity index is 3.11. The van der Waals surface area contributed by atoms with Crippen molar-refractivity contribution in [1.82, 2.24) is 0 Å². The van der Waals surface area contributed by atoms with Crippen molar-refractivity contribution in [3.63, 3.8) is 0 Å². The molecule has 0 aliphatic heterocycles. The number of para-hydroxylation sites is 1. The van der Waals surface area contributed by atoms with Crippen LogP contribution in [0.2, 0.25) is 0 Å². The molecule has 0 saturated carbocycles. The molecule has 1 atom stereocenters. The lowest BCUT2D eigenvalue weighted by Gasteiger charge is -2.31. The summed E-state index contributed by atoms with van der Waals surface area (Å²) in [6.07, 6.45) is -4.42. The minimum Gasteiger partial charge on any atom is -0.361 e. The van der Waals surface area contributed by atoms with Gasteiger partial charge in [-0.1, -0.05) is 12.1 Å².